The summed E-state index contributed by atoms with van der Waals surface area (Å²) in [6.07, 6.45) is -1.88. The number of methoxy groups -OCH3 is 2. The summed E-state index contributed by atoms with van der Waals surface area (Å²) < 4.78 is 8.08. The molecule has 0 saturated heterocycles. The Kier molecular flexibility index (Phi) is 10.5. The second-order valence-electron chi connectivity index (χ2n) is 1.15. The Balaban J connectivity index is 0. The van der Waals surface area contributed by atoms with Crippen LogP contribution in [0.4, 0.5) is 9.59 Å². The van der Waals surface area contributed by atoms with E-state index in [-0.39, 0.29) is 0 Å². The Labute approximate surface area is 70.7 Å². The van der Waals surface area contributed by atoms with Crippen molar-refractivity contribution in [1.29, 1.82) is 0 Å². The molecule has 6 nitrogen and oxygen atoms in total. The number of rotatable bonds is 0. The molecule has 0 aliphatic rings. The predicted molar refractivity (Wildman–Crippen MR) is 40.4 cm³/mol. The van der Waals surface area contributed by atoms with E-state index in [2.05, 4.69) is 14.3 Å². The number of amides is 1. The molecule has 1 amide bonds. The summed E-state index contributed by atoms with van der Waals surface area (Å²) in [5.74, 6) is 0. The van der Waals surface area contributed by atoms with Gasteiger partial charge in [-0.15, -0.1) is 5.48 Å². The average molecular weight is 179 g/mol. The minimum atomic E-state index is -1.01. The van der Waals surface area contributed by atoms with E-state index in [1.54, 1.807) is 5.48 Å². The van der Waals surface area contributed by atoms with E-state index in [4.69, 9.17) is 0 Å². The lowest BCUT2D eigenvalue weighted by Gasteiger charge is -2.00. The van der Waals surface area contributed by atoms with Crippen LogP contribution >= 0.6 is 0 Å². The molecular weight excluding hydrogens is 166 g/mol. The standard InChI is InChI=1S/C4H7NO5.C2H6/c1-8-3(6)5-10-4(7)9-2;1-2/h1-2H3,(H,5,6);1-2H3. The van der Waals surface area contributed by atoms with Crippen LogP contribution in [-0.2, 0) is 14.3 Å². The van der Waals surface area contributed by atoms with Crippen molar-refractivity contribution >= 4 is 12.2 Å². The number of ether oxygens (including phenoxy) is 2. The maximum atomic E-state index is 10.2. The molecule has 12 heavy (non-hydrogen) atoms. The highest BCUT2D eigenvalue weighted by Crippen LogP contribution is 1.77. The number of nitrogens with one attached hydrogen (secondary N) is 1. The second-order valence-corrected chi connectivity index (χ2v) is 1.15. The molecule has 0 aromatic rings. The molecule has 0 saturated carbocycles. The third kappa shape index (κ3) is 8.54. The van der Waals surface area contributed by atoms with Gasteiger partial charge in [-0.2, -0.15) is 0 Å². The monoisotopic (exact) mass is 179 g/mol. The van der Waals surface area contributed by atoms with Crippen LogP contribution in [0.25, 0.3) is 0 Å². The molecule has 0 aliphatic carbocycles. The molecular formula is C6H13NO5. The van der Waals surface area contributed by atoms with Gasteiger partial charge >= 0.3 is 12.2 Å². The Morgan fingerprint density at radius 3 is 1.92 bits per heavy atom. The SMILES string of the molecule is CC.COC(=O)NOC(=O)OC. The molecule has 0 aliphatic heterocycles. The van der Waals surface area contributed by atoms with Crippen LogP contribution < -0.4 is 5.48 Å². The summed E-state index contributed by atoms with van der Waals surface area (Å²) in [6, 6.07) is 0. The van der Waals surface area contributed by atoms with E-state index in [1.165, 1.54) is 0 Å². The quantitative estimate of drug-likeness (QED) is 0.444. The minimum absolute atomic E-state index is 0.870. The third-order valence-corrected chi connectivity index (χ3v) is 0.570. The Morgan fingerprint density at radius 2 is 1.58 bits per heavy atom. The van der Waals surface area contributed by atoms with Gasteiger partial charge in [-0.05, 0) is 0 Å². The number of hydrogen-bond donors (Lipinski definition) is 1. The van der Waals surface area contributed by atoms with E-state index in [0.717, 1.165) is 14.2 Å². The molecule has 1 N–H and O–H groups in total. The Hall–Kier alpha value is -1.46. The molecule has 0 unspecified atom stereocenters. The summed E-state index contributed by atoms with van der Waals surface area (Å²) in [5.41, 5.74) is 1.65. The zero-order chi connectivity index (χ0) is 9.98. The van der Waals surface area contributed by atoms with Crippen molar-refractivity contribution in [3.8, 4) is 0 Å². The van der Waals surface area contributed by atoms with Gasteiger partial charge in [0.05, 0.1) is 14.2 Å². The molecule has 0 spiro atoms. The molecule has 0 aromatic carbocycles. The van der Waals surface area contributed by atoms with Crippen molar-refractivity contribution in [2.24, 2.45) is 0 Å². The van der Waals surface area contributed by atoms with Gasteiger partial charge in [0.25, 0.3) is 0 Å². The van der Waals surface area contributed by atoms with Gasteiger partial charge in [0.2, 0.25) is 0 Å². The second kappa shape index (κ2) is 9.54. The number of hydroxylamine groups is 1. The zero-order valence-electron chi connectivity index (χ0n) is 7.54. The van der Waals surface area contributed by atoms with Gasteiger partial charge in [-0.25, -0.2) is 9.59 Å². The third-order valence-electron chi connectivity index (χ3n) is 0.570. The summed E-state index contributed by atoms with van der Waals surface area (Å²) in [5, 5.41) is 0. The summed E-state index contributed by atoms with van der Waals surface area (Å²) in [6.45, 7) is 4.00. The summed E-state index contributed by atoms with van der Waals surface area (Å²) >= 11 is 0. The fraction of sp³-hybridized carbons (Fsp3) is 0.667. The van der Waals surface area contributed by atoms with E-state index >= 15 is 0 Å². The molecule has 6 heteroatoms. The highest BCUT2D eigenvalue weighted by Gasteiger charge is 2.03. The van der Waals surface area contributed by atoms with Crippen LogP contribution in [0.15, 0.2) is 0 Å². The number of carbonyl (C=O) groups is 2. The van der Waals surface area contributed by atoms with Gasteiger partial charge < -0.3 is 14.3 Å². The average Bonchev–Trinajstić information content (AvgIpc) is 2.16. The highest BCUT2D eigenvalue weighted by atomic mass is 16.8. The topological polar surface area (TPSA) is 73.9 Å². The van der Waals surface area contributed by atoms with Gasteiger partial charge in [-0.3, -0.25) is 0 Å². The summed E-state index contributed by atoms with van der Waals surface area (Å²) in [4.78, 5) is 24.2. The van der Waals surface area contributed by atoms with Crippen molar-refractivity contribution in [3.05, 3.63) is 0 Å². The first kappa shape index (κ1) is 13.2. The lowest BCUT2D eigenvalue weighted by molar-refractivity contribution is 0.0272. The van der Waals surface area contributed by atoms with Crippen molar-refractivity contribution in [2.45, 2.75) is 13.8 Å². The lowest BCUT2D eigenvalue weighted by atomic mass is 11.0. The fourth-order valence-corrected chi connectivity index (χ4v) is 0.167. The predicted octanol–water partition coefficient (Wildman–Crippen LogP) is 1.07. The van der Waals surface area contributed by atoms with Crippen LogP contribution in [0.3, 0.4) is 0 Å². The van der Waals surface area contributed by atoms with E-state index in [1.807, 2.05) is 13.8 Å². The van der Waals surface area contributed by atoms with Crippen LogP contribution in [0.1, 0.15) is 13.8 Å². The Morgan fingerprint density at radius 1 is 1.08 bits per heavy atom. The van der Waals surface area contributed by atoms with Crippen LogP contribution in [0.2, 0.25) is 0 Å². The smallest absolute Gasteiger partial charge is 0.451 e. The zero-order valence-corrected chi connectivity index (χ0v) is 7.54. The fourth-order valence-electron chi connectivity index (χ4n) is 0.167. The number of hydrogen-bond acceptors (Lipinski definition) is 5. The molecule has 0 rings (SSSR count). The molecule has 0 atom stereocenters. The number of carbonyl (C=O) groups excluding carboxylic acids is 2. The highest BCUT2D eigenvalue weighted by molar-refractivity contribution is 5.68. The Bertz CT molecular complexity index is 120. The molecule has 0 aromatic heterocycles. The largest absolute Gasteiger partial charge is 0.533 e. The minimum Gasteiger partial charge on any atom is -0.451 e. The van der Waals surface area contributed by atoms with Crippen molar-refractivity contribution in [3.63, 3.8) is 0 Å². The van der Waals surface area contributed by atoms with E-state index in [0.29, 0.717) is 0 Å². The molecule has 72 valence electrons. The van der Waals surface area contributed by atoms with Crippen LogP contribution in [0.5, 0.6) is 0 Å². The van der Waals surface area contributed by atoms with E-state index < -0.39 is 12.2 Å². The van der Waals surface area contributed by atoms with E-state index in [9.17, 15) is 9.59 Å². The van der Waals surface area contributed by atoms with Crippen molar-refractivity contribution < 1.29 is 23.9 Å². The molecule has 0 radical (unpaired) electrons. The van der Waals surface area contributed by atoms with Gasteiger partial charge in [0.15, 0.2) is 0 Å². The lowest BCUT2D eigenvalue weighted by Crippen LogP contribution is -2.26. The van der Waals surface area contributed by atoms with Crippen LogP contribution in [0, 0.1) is 0 Å². The van der Waals surface area contributed by atoms with Crippen molar-refractivity contribution in [2.75, 3.05) is 14.2 Å². The maximum absolute atomic E-state index is 10.2. The summed E-state index contributed by atoms with van der Waals surface area (Å²) in [7, 11) is 2.25. The first-order valence-electron chi connectivity index (χ1n) is 3.29. The van der Waals surface area contributed by atoms with Crippen LogP contribution in [-0.4, -0.2) is 26.5 Å². The van der Waals surface area contributed by atoms with Gasteiger partial charge in [0, 0.05) is 0 Å². The first-order chi connectivity index (χ1) is 5.70. The van der Waals surface area contributed by atoms with Crippen molar-refractivity contribution in [1.82, 2.24) is 5.48 Å². The first-order valence-corrected chi connectivity index (χ1v) is 3.29. The maximum Gasteiger partial charge on any atom is 0.533 e. The van der Waals surface area contributed by atoms with Gasteiger partial charge in [-0.1, -0.05) is 13.8 Å². The normalized spacial score (nSPS) is 7.00. The molecule has 0 fully saturated rings. The molecule has 0 bridgehead atoms. The molecule has 0 heterocycles. The van der Waals surface area contributed by atoms with Gasteiger partial charge in [0.1, 0.15) is 0 Å².